The average Bonchev–Trinajstić information content (AvgIpc) is 3.15. The summed E-state index contributed by atoms with van der Waals surface area (Å²) in [5.74, 6) is 0. The molecule has 0 radical (unpaired) electrons. The number of ether oxygens (including phenoxy) is 2. The highest BCUT2D eigenvalue weighted by Crippen LogP contribution is 2.22. The fraction of sp³-hybridized carbons (Fsp3) is 0.895. The van der Waals surface area contributed by atoms with Crippen LogP contribution in [0.1, 0.15) is 64.0 Å². The second-order valence-corrected chi connectivity index (χ2v) is 7.46. The molecule has 0 unspecified atom stereocenters. The molecule has 1 aliphatic heterocycles. The number of hydrogen-bond acceptors (Lipinski definition) is 8. The fourth-order valence-electron chi connectivity index (χ4n) is 3.29. The lowest BCUT2D eigenvalue weighted by atomic mass is 9.99. The summed E-state index contributed by atoms with van der Waals surface area (Å²) >= 11 is 0. The molecule has 1 aromatic rings. The van der Waals surface area contributed by atoms with Crippen LogP contribution in [0.3, 0.4) is 0 Å². The van der Waals surface area contributed by atoms with E-state index in [0.29, 0.717) is 5.69 Å². The minimum atomic E-state index is -1.45. The summed E-state index contributed by atoms with van der Waals surface area (Å²) in [6.45, 7) is 2.57. The van der Waals surface area contributed by atoms with Crippen LogP contribution in [0.4, 0.5) is 0 Å². The van der Waals surface area contributed by atoms with Crippen LogP contribution >= 0.6 is 0 Å². The molecular formula is C19H35N3O6. The maximum atomic E-state index is 9.96. The van der Waals surface area contributed by atoms with Gasteiger partial charge in [-0.2, -0.15) is 0 Å². The van der Waals surface area contributed by atoms with Gasteiger partial charge in [0.1, 0.15) is 30.1 Å². The summed E-state index contributed by atoms with van der Waals surface area (Å²) in [5, 5.41) is 46.8. The Hall–Kier alpha value is -1.10. The van der Waals surface area contributed by atoms with E-state index in [9.17, 15) is 20.4 Å². The zero-order valence-electron chi connectivity index (χ0n) is 16.7. The van der Waals surface area contributed by atoms with Crippen LogP contribution in [0.5, 0.6) is 0 Å². The highest BCUT2D eigenvalue weighted by atomic mass is 16.7. The molecule has 0 spiro atoms. The van der Waals surface area contributed by atoms with Crippen molar-refractivity contribution in [3.63, 3.8) is 0 Å². The van der Waals surface area contributed by atoms with Crippen molar-refractivity contribution >= 4 is 0 Å². The van der Waals surface area contributed by atoms with E-state index in [0.717, 1.165) is 13.0 Å². The van der Waals surface area contributed by atoms with Crippen molar-refractivity contribution in [2.24, 2.45) is 0 Å². The van der Waals surface area contributed by atoms with Crippen molar-refractivity contribution < 1.29 is 29.9 Å². The average molecular weight is 402 g/mol. The van der Waals surface area contributed by atoms with E-state index in [2.05, 4.69) is 17.2 Å². The molecule has 9 heteroatoms. The number of aryl methyl sites for hydroxylation is 1. The van der Waals surface area contributed by atoms with Gasteiger partial charge < -0.3 is 29.9 Å². The van der Waals surface area contributed by atoms with Gasteiger partial charge in [0.25, 0.3) is 0 Å². The van der Waals surface area contributed by atoms with Gasteiger partial charge in [0.2, 0.25) is 0 Å². The van der Waals surface area contributed by atoms with Crippen molar-refractivity contribution in [2.45, 2.75) is 102 Å². The van der Waals surface area contributed by atoms with Crippen molar-refractivity contribution in [3.05, 3.63) is 11.9 Å². The van der Waals surface area contributed by atoms with Crippen LogP contribution in [-0.4, -0.2) is 72.7 Å². The van der Waals surface area contributed by atoms with Gasteiger partial charge >= 0.3 is 0 Å². The number of aromatic nitrogens is 3. The quantitative estimate of drug-likeness (QED) is 0.356. The van der Waals surface area contributed by atoms with Gasteiger partial charge in [-0.3, -0.25) is 4.68 Å². The van der Waals surface area contributed by atoms with Crippen LogP contribution in [0, 0.1) is 0 Å². The molecule has 1 saturated heterocycles. The number of rotatable bonds is 13. The Labute approximate surface area is 166 Å². The lowest BCUT2D eigenvalue weighted by Crippen LogP contribution is -2.59. The molecule has 0 amide bonds. The van der Waals surface area contributed by atoms with Crippen LogP contribution in [0.2, 0.25) is 0 Å². The summed E-state index contributed by atoms with van der Waals surface area (Å²) < 4.78 is 12.5. The summed E-state index contributed by atoms with van der Waals surface area (Å²) in [7, 11) is 0. The van der Waals surface area contributed by atoms with E-state index >= 15 is 0 Å². The number of aliphatic hydroxyl groups excluding tert-OH is 4. The van der Waals surface area contributed by atoms with E-state index in [-0.39, 0.29) is 6.61 Å². The second kappa shape index (κ2) is 12.5. The summed E-state index contributed by atoms with van der Waals surface area (Å²) in [5.41, 5.74) is 0.580. The summed E-state index contributed by atoms with van der Waals surface area (Å²) in [6.07, 6.45) is 5.37. The molecular weight excluding hydrogens is 366 g/mol. The Kier molecular flexibility index (Phi) is 10.3. The number of unbranched alkanes of at least 4 members (excludes halogenated alkanes) is 7. The molecule has 1 aliphatic rings. The molecule has 0 aromatic carbocycles. The Morgan fingerprint density at radius 1 is 1.00 bits per heavy atom. The Morgan fingerprint density at radius 3 is 2.36 bits per heavy atom. The van der Waals surface area contributed by atoms with Crippen LogP contribution in [0.15, 0.2) is 6.20 Å². The smallest absolute Gasteiger partial charge is 0.187 e. The van der Waals surface area contributed by atoms with E-state index < -0.39 is 37.3 Å². The largest absolute Gasteiger partial charge is 0.394 e. The summed E-state index contributed by atoms with van der Waals surface area (Å²) in [6, 6.07) is 0. The maximum absolute atomic E-state index is 9.96. The molecule has 2 heterocycles. The molecule has 1 aromatic heterocycles. The lowest BCUT2D eigenvalue weighted by Gasteiger charge is -2.39. The molecule has 4 N–H and O–H groups in total. The normalized spacial score (nSPS) is 28.0. The molecule has 9 nitrogen and oxygen atoms in total. The van der Waals surface area contributed by atoms with E-state index in [1.165, 1.54) is 44.9 Å². The molecule has 0 bridgehead atoms. The number of nitrogens with zero attached hydrogens (tertiary/aromatic N) is 3. The molecule has 28 heavy (non-hydrogen) atoms. The first-order valence-electron chi connectivity index (χ1n) is 10.4. The van der Waals surface area contributed by atoms with Gasteiger partial charge in [-0.05, 0) is 6.42 Å². The molecule has 162 valence electrons. The second-order valence-electron chi connectivity index (χ2n) is 7.46. The Bertz CT molecular complexity index is 541. The zero-order chi connectivity index (χ0) is 20.4. The summed E-state index contributed by atoms with van der Waals surface area (Å²) in [4.78, 5) is 0. The highest BCUT2D eigenvalue weighted by molar-refractivity contribution is 4.92. The maximum Gasteiger partial charge on any atom is 0.187 e. The zero-order valence-corrected chi connectivity index (χ0v) is 16.7. The fourth-order valence-corrected chi connectivity index (χ4v) is 3.29. The monoisotopic (exact) mass is 401 g/mol. The van der Waals surface area contributed by atoms with Crippen molar-refractivity contribution in [1.82, 2.24) is 15.0 Å². The van der Waals surface area contributed by atoms with E-state index in [1.54, 1.807) is 10.9 Å². The topological polar surface area (TPSA) is 130 Å². The number of aliphatic hydroxyl groups is 4. The van der Waals surface area contributed by atoms with Crippen molar-refractivity contribution in [1.29, 1.82) is 0 Å². The third-order valence-electron chi connectivity index (χ3n) is 5.07. The predicted octanol–water partition coefficient (Wildman–Crippen LogP) is 0.735. The van der Waals surface area contributed by atoms with Gasteiger partial charge in [0.15, 0.2) is 6.29 Å². The molecule has 2 rings (SSSR count). The van der Waals surface area contributed by atoms with Crippen LogP contribution in [0.25, 0.3) is 0 Å². The SMILES string of the molecule is CCCCCCCCCCn1cc(CO[C@@H]2O[C@H](CO)[C@@H](O)[C@H](O)[C@H]2O)nn1. The van der Waals surface area contributed by atoms with Crippen molar-refractivity contribution in [2.75, 3.05) is 6.61 Å². The van der Waals surface area contributed by atoms with E-state index in [4.69, 9.17) is 9.47 Å². The third kappa shape index (κ3) is 7.06. The van der Waals surface area contributed by atoms with Crippen molar-refractivity contribution in [3.8, 4) is 0 Å². The lowest BCUT2D eigenvalue weighted by molar-refractivity contribution is -0.304. The Balaban J connectivity index is 1.66. The van der Waals surface area contributed by atoms with E-state index in [1.807, 2.05) is 0 Å². The standard InChI is InChI=1S/C19H35N3O6/c1-2-3-4-5-6-7-8-9-10-22-11-14(20-21-22)13-27-19-18(26)17(25)16(24)15(12-23)28-19/h11,15-19,23-26H,2-10,12-13H2,1H3/t15-,16-,17+,18-,19-/m1/s1. The van der Waals surface area contributed by atoms with Gasteiger partial charge in [-0.15, -0.1) is 5.10 Å². The van der Waals surface area contributed by atoms with Gasteiger partial charge in [-0.1, -0.05) is 57.1 Å². The molecule has 0 saturated carbocycles. The molecule has 1 fully saturated rings. The first kappa shape index (κ1) is 23.2. The first-order valence-corrected chi connectivity index (χ1v) is 10.4. The van der Waals surface area contributed by atoms with Gasteiger partial charge in [0, 0.05) is 6.54 Å². The van der Waals surface area contributed by atoms with Crippen LogP contribution < -0.4 is 0 Å². The van der Waals surface area contributed by atoms with Crippen LogP contribution in [-0.2, 0) is 22.6 Å². The number of hydrogen-bond donors (Lipinski definition) is 4. The molecule has 0 aliphatic carbocycles. The highest BCUT2D eigenvalue weighted by Gasteiger charge is 2.44. The minimum absolute atomic E-state index is 0.0418. The minimum Gasteiger partial charge on any atom is -0.394 e. The Morgan fingerprint density at radius 2 is 1.68 bits per heavy atom. The third-order valence-corrected chi connectivity index (χ3v) is 5.07. The van der Waals surface area contributed by atoms with Gasteiger partial charge in [0.05, 0.1) is 19.4 Å². The molecule has 5 atom stereocenters. The first-order chi connectivity index (χ1) is 13.6. The van der Waals surface area contributed by atoms with Gasteiger partial charge in [-0.25, -0.2) is 0 Å². The predicted molar refractivity (Wildman–Crippen MR) is 101 cm³/mol.